The molecule has 6 heteroatoms. The highest BCUT2D eigenvalue weighted by molar-refractivity contribution is 7.11. The number of hydrogen-bond donors (Lipinski definition) is 0. The van der Waals surface area contributed by atoms with Gasteiger partial charge >= 0.3 is 0 Å². The van der Waals surface area contributed by atoms with Crippen molar-refractivity contribution in [1.29, 1.82) is 0 Å². The van der Waals surface area contributed by atoms with Gasteiger partial charge in [-0.15, -0.1) is 0 Å². The summed E-state index contributed by atoms with van der Waals surface area (Å²) in [7, 11) is 0. The standard InChI is InChI=1S/C11H7Cl2NO2S/c12-9-10(13)17-14(11(9)16)5-7-1-3-8(6-15)4-2-7/h1-4,6H,5H2. The third-order valence-corrected chi connectivity index (χ3v) is 4.05. The van der Waals surface area contributed by atoms with Gasteiger partial charge in [-0.1, -0.05) is 47.5 Å². The molecular formula is C11H7Cl2NO2S. The Bertz CT molecular complexity index is 601. The number of carbonyl (C=O) groups is 1. The largest absolute Gasteiger partial charge is 0.298 e. The van der Waals surface area contributed by atoms with Gasteiger partial charge in [-0.25, -0.2) is 0 Å². The molecule has 2 rings (SSSR count). The molecule has 1 aromatic carbocycles. The highest BCUT2D eigenvalue weighted by Gasteiger charge is 2.11. The average molecular weight is 288 g/mol. The molecule has 0 aliphatic rings. The van der Waals surface area contributed by atoms with E-state index >= 15 is 0 Å². The Hall–Kier alpha value is -1.10. The maximum absolute atomic E-state index is 11.6. The monoisotopic (exact) mass is 287 g/mol. The van der Waals surface area contributed by atoms with Gasteiger partial charge in [0.2, 0.25) is 0 Å². The van der Waals surface area contributed by atoms with Crippen LogP contribution < -0.4 is 5.56 Å². The third kappa shape index (κ3) is 2.60. The van der Waals surface area contributed by atoms with Gasteiger partial charge in [-0.05, 0) is 17.1 Å². The molecule has 88 valence electrons. The lowest BCUT2D eigenvalue weighted by Gasteiger charge is -2.00. The Labute approximate surface area is 111 Å². The minimum atomic E-state index is -0.291. The van der Waals surface area contributed by atoms with Crippen LogP contribution >= 0.6 is 34.7 Å². The fourth-order valence-corrected chi connectivity index (χ4v) is 2.68. The van der Waals surface area contributed by atoms with Gasteiger partial charge in [0.1, 0.15) is 15.6 Å². The first-order valence-corrected chi connectivity index (χ1v) is 6.24. The van der Waals surface area contributed by atoms with E-state index in [0.717, 1.165) is 23.4 Å². The molecule has 0 fully saturated rings. The van der Waals surface area contributed by atoms with Crippen LogP contribution in [0.25, 0.3) is 0 Å². The van der Waals surface area contributed by atoms with Gasteiger partial charge in [-0.3, -0.25) is 13.5 Å². The van der Waals surface area contributed by atoms with Gasteiger partial charge in [0, 0.05) is 5.56 Å². The summed E-state index contributed by atoms with van der Waals surface area (Å²) in [6, 6.07) is 6.98. The van der Waals surface area contributed by atoms with Crippen LogP contribution in [0.2, 0.25) is 9.36 Å². The summed E-state index contributed by atoms with van der Waals surface area (Å²) >= 11 is 12.6. The summed E-state index contributed by atoms with van der Waals surface area (Å²) in [5.41, 5.74) is 1.22. The molecule has 17 heavy (non-hydrogen) atoms. The average Bonchev–Trinajstić information content (AvgIpc) is 2.58. The molecule has 0 saturated heterocycles. The zero-order chi connectivity index (χ0) is 12.4. The van der Waals surface area contributed by atoms with E-state index in [1.807, 2.05) is 0 Å². The number of aromatic nitrogens is 1. The van der Waals surface area contributed by atoms with E-state index in [1.54, 1.807) is 24.3 Å². The summed E-state index contributed by atoms with van der Waals surface area (Å²) in [6.45, 7) is 0.398. The Morgan fingerprint density at radius 3 is 2.35 bits per heavy atom. The SMILES string of the molecule is O=Cc1ccc(Cn2sc(Cl)c(Cl)c2=O)cc1. The number of nitrogens with zero attached hydrogens (tertiary/aromatic N) is 1. The topological polar surface area (TPSA) is 39.1 Å². The van der Waals surface area contributed by atoms with Crippen LogP contribution in [0.4, 0.5) is 0 Å². The molecule has 0 aliphatic heterocycles. The Balaban J connectivity index is 2.28. The van der Waals surface area contributed by atoms with Crippen LogP contribution in [0, 0.1) is 0 Å². The van der Waals surface area contributed by atoms with E-state index < -0.39 is 0 Å². The highest BCUT2D eigenvalue weighted by Crippen LogP contribution is 2.23. The molecule has 0 unspecified atom stereocenters. The zero-order valence-electron chi connectivity index (χ0n) is 8.52. The van der Waals surface area contributed by atoms with Crippen molar-refractivity contribution in [2.45, 2.75) is 6.54 Å². The number of halogens is 2. The first-order chi connectivity index (χ1) is 8.11. The molecule has 2 aromatic rings. The van der Waals surface area contributed by atoms with Crippen molar-refractivity contribution in [3.05, 3.63) is 55.1 Å². The first kappa shape index (κ1) is 12.4. The number of aldehydes is 1. The summed E-state index contributed by atoms with van der Waals surface area (Å²) in [6.07, 6.45) is 0.773. The summed E-state index contributed by atoms with van der Waals surface area (Å²) in [5.74, 6) is 0. The normalized spacial score (nSPS) is 10.5. The lowest BCUT2D eigenvalue weighted by atomic mass is 10.1. The van der Waals surface area contributed by atoms with Crippen molar-refractivity contribution in [1.82, 2.24) is 3.96 Å². The zero-order valence-corrected chi connectivity index (χ0v) is 10.9. The van der Waals surface area contributed by atoms with E-state index in [4.69, 9.17) is 23.2 Å². The van der Waals surface area contributed by atoms with Gasteiger partial charge < -0.3 is 0 Å². The van der Waals surface area contributed by atoms with Gasteiger partial charge in [0.05, 0.1) is 6.54 Å². The second kappa shape index (κ2) is 5.04. The minimum absolute atomic E-state index is 0.0566. The fourth-order valence-electron chi connectivity index (χ4n) is 1.34. The Morgan fingerprint density at radius 2 is 1.88 bits per heavy atom. The summed E-state index contributed by atoms with van der Waals surface area (Å²) in [5, 5.41) is 0.0566. The van der Waals surface area contributed by atoms with Crippen LogP contribution in [0.5, 0.6) is 0 Å². The van der Waals surface area contributed by atoms with Crippen LogP contribution in [0.1, 0.15) is 15.9 Å². The lowest BCUT2D eigenvalue weighted by molar-refractivity contribution is 0.112. The van der Waals surface area contributed by atoms with Crippen LogP contribution in [-0.2, 0) is 6.54 Å². The van der Waals surface area contributed by atoms with E-state index in [0.29, 0.717) is 16.4 Å². The molecular weight excluding hydrogens is 281 g/mol. The molecule has 0 radical (unpaired) electrons. The maximum atomic E-state index is 11.6. The lowest BCUT2D eigenvalue weighted by Crippen LogP contribution is -2.13. The summed E-state index contributed by atoms with van der Waals surface area (Å²) in [4.78, 5) is 22.1. The van der Waals surface area contributed by atoms with Crippen molar-refractivity contribution in [3.8, 4) is 0 Å². The molecule has 0 spiro atoms. The van der Waals surface area contributed by atoms with Gasteiger partial charge in [0.25, 0.3) is 5.56 Å². The predicted octanol–water partition coefficient (Wildman–Crippen LogP) is 3.08. The van der Waals surface area contributed by atoms with Crippen molar-refractivity contribution >= 4 is 41.0 Å². The van der Waals surface area contributed by atoms with Crippen molar-refractivity contribution in [2.24, 2.45) is 0 Å². The molecule has 1 aromatic heterocycles. The first-order valence-electron chi connectivity index (χ1n) is 4.71. The van der Waals surface area contributed by atoms with Crippen LogP contribution in [0.15, 0.2) is 29.1 Å². The molecule has 0 aliphatic carbocycles. The van der Waals surface area contributed by atoms with E-state index in [1.165, 1.54) is 3.96 Å². The van der Waals surface area contributed by atoms with Crippen LogP contribution in [-0.4, -0.2) is 10.2 Å². The quantitative estimate of drug-likeness (QED) is 0.814. The van der Waals surface area contributed by atoms with Gasteiger partial charge in [0.15, 0.2) is 0 Å². The van der Waals surface area contributed by atoms with E-state index in [-0.39, 0.29) is 10.6 Å². The molecule has 1 heterocycles. The van der Waals surface area contributed by atoms with E-state index in [2.05, 4.69) is 0 Å². The van der Waals surface area contributed by atoms with Crippen molar-refractivity contribution < 1.29 is 4.79 Å². The smallest absolute Gasteiger partial charge is 0.281 e. The Morgan fingerprint density at radius 1 is 1.24 bits per heavy atom. The fraction of sp³-hybridized carbons (Fsp3) is 0.0909. The van der Waals surface area contributed by atoms with Crippen molar-refractivity contribution in [2.75, 3.05) is 0 Å². The molecule has 0 N–H and O–H groups in total. The maximum Gasteiger partial charge on any atom is 0.281 e. The summed E-state index contributed by atoms with van der Waals surface area (Å²) < 4.78 is 1.77. The van der Waals surface area contributed by atoms with Crippen molar-refractivity contribution in [3.63, 3.8) is 0 Å². The van der Waals surface area contributed by atoms with E-state index in [9.17, 15) is 9.59 Å². The van der Waals surface area contributed by atoms with Gasteiger partial charge in [-0.2, -0.15) is 0 Å². The van der Waals surface area contributed by atoms with Crippen LogP contribution in [0.3, 0.4) is 0 Å². The molecule has 3 nitrogen and oxygen atoms in total. The number of benzene rings is 1. The molecule has 0 bridgehead atoms. The second-order valence-corrected chi connectivity index (χ2v) is 5.39. The molecule has 0 saturated carbocycles. The molecule has 0 atom stereocenters. The highest BCUT2D eigenvalue weighted by atomic mass is 35.5. The number of carbonyl (C=O) groups excluding carboxylic acids is 1. The minimum Gasteiger partial charge on any atom is -0.298 e. The number of rotatable bonds is 3. The second-order valence-electron chi connectivity index (χ2n) is 3.38. The Kier molecular flexibility index (Phi) is 3.66. The third-order valence-electron chi connectivity index (χ3n) is 2.22. The molecule has 0 amide bonds. The number of hydrogen-bond acceptors (Lipinski definition) is 3. The predicted molar refractivity (Wildman–Crippen MR) is 69.5 cm³/mol.